The molecule has 0 fully saturated rings. The van der Waals surface area contributed by atoms with Crippen molar-refractivity contribution in [2.75, 3.05) is 20.2 Å². The van der Waals surface area contributed by atoms with Crippen LogP contribution in [-0.2, 0) is 4.79 Å². The number of carbonyl (C=O) groups excluding carboxylic acids is 1. The molecule has 1 rings (SSSR count). The summed E-state index contributed by atoms with van der Waals surface area (Å²) >= 11 is 0. The van der Waals surface area contributed by atoms with Crippen LogP contribution in [0.1, 0.15) is 12.5 Å². The van der Waals surface area contributed by atoms with Gasteiger partial charge in [0.15, 0.2) is 0 Å². The van der Waals surface area contributed by atoms with Crippen LogP contribution >= 0.6 is 12.4 Å². The van der Waals surface area contributed by atoms with Crippen molar-refractivity contribution < 1.29 is 9.53 Å². The zero-order valence-electron chi connectivity index (χ0n) is 11.1. The van der Waals surface area contributed by atoms with Gasteiger partial charge in [-0.1, -0.05) is 17.7 Å². The second-order valence-corrected chi connectivity index (χ2v) is 4.21. The second kappa shape index (κ2) is 7.95. The molecule has 5 heteroatoms. The third kappa shape index (κ3) is 5.38. The highest BCUT2D eigenvalue weighted by Gasteiger charge is 2.12. The predicted molar refractivity (Wildman–Crippen MR) is 75.2 cm³/mol. The molecule has 0 aliphatic heterocycles. The largest absolute Gasteiger partial charge is 0.492 e. The molecule has 4 nitrogen and oxygen atoms in total. The molecule has 0 bridgehead atoms. The van der Waals surface area contributed by atoms with Gasteiger partial charge in [-0.3, -0.25) is 4.79 Å². The number of rotatable bonds is 5. The van der Waals surface area contributed by atoms with Crippen LogP contribution < -0.4 is 10.5 Å². The quantitative estimate of drug-likeness (QED) is 0.886. The first kappa shape index (κ1) is 16.7. The Kier molecular flexibility index (Phi) is 7.39. The standard InChI is InChI=1S/C13H20N2O2.ClH/c1-10-4-6-12(7-5-10)17-9-8-15(3)13(16)11(2)14;/h4-7,11H,8-9,14H2,1-3H3;1H/t11-;/m1./s1. The zero-order chi connectivity index (χ0) is 12.8. The summed E-state index contributed by atoms with van der Waals surface area (Å²) in [5, 5.41) is 0. The molecule has 2 N–H and O–H groups in total. The van der Waals surface area contributed by atoms with Gasteiger partial charge in [-0.15, -0.1) is 12.4 Å². The van der Waals surface area contributed by atoms with Crippen molar-refractivity contribution in [2.45, 2.75) is 19.9 Å². The Morgan fingerprint density at radius 3 is 2.44 bits per heavy atom. The molecule has 0 saturated heterocycles. The van der Waals surface area contributed by atoms with Gasteiger partial charge in [0, 0.05) is 7.05 Å². The Bertz CT molecular complexity index is 366. The van der Waals surface area contributed by atoms with E-state index in [4.69, 9.17) is 10.5 Å². The molecule has 0 heterocycles. The average Bonchev–Trinajstić information content (AvgIpc) is 2.30. The Hall–Kier alpha value is -1.26. The van der Waals surface area contributed by atoms with E-state index in [9.17, 15) is 4.79 Å². The third-order valence-corrected chi connectivity index (χ3v) is 2.48. The molecule has 0 saturated carbocycles. The predicted octanol–water partition coefficient (Wildman–Crippen LogP) is 1.60. The molecule has 0 unspecified atom stereocenters. The summed E-state index contributed by atoms with van der Waals surface area (Å²) in [6.07, 6.45) is 0. The molecular formula is C13H21ClN2O2. The number of benzene rings is 1. The van der Waals surface area contributed by atoms with Crippen molar-refractivity contribution >= 4 is 18.3 Å². The molecule has 0 aliphatic carbocycles. The Morgan fingerprint density at radius 1 is 1.39 bits per heavy atom. The van der Waals surface area contributed by atoms with Crippen LogP contribution in [-0.4, -0.2) is 37.0 Å². The number of nitrogens with two attached hydrogens (primary N) is 1. The maximum Gasteiger partial charge on any atom is 0.239 e. The summed E-state index contributed by atoms with van der Waals surface area (Å²) in [5.41, 5.74) is 6.70. The van der Waals surface area contributed by atoms with E-state index in [-0.39, 0.29) is 18.3 Å². The molecule has 1 atom stereocenters. The summed E-state index contributed by atoms with van der Waals surface area (Å²) in [7, 11) is 1.73. The first-order valence-corrected chi connectivity index (χ1v) is 5.70. The lowest BCUT2D eigenvalue weighted by molar-refractivity contribution is -0.131. The topological polar surface area (TPSA) is 55.6 Å². The number of nitrogens with zero attached hydrogens (tertiary/aromatic N) is 1. The van der Waals surface area contributed by atoms with Crippen molar-refractivity contribution in [3.63, 3.8) is 0 Å². The summed E-state index contributed by atoms with van der Waals surface area (Å²) in [5.74, 6) is 0.745. The first-order valence-electron chi connectivity index (χ1n) is 5.70. The number of carbonyl (C=O) groups is 1. The summed E-state index contributed by atoms with van der Waals surface area (Å²) in [6.45, 7) is 4.71. The Balaban J connectivity index is 0.00000289. The number of hydrogen-bond donors (Lipinski definition) is 1. The van der Waals surface area contributed by atoms with Gasteiger partial charge in [-0.05, 0) is 26.0 Å². The van der Waals surface area contributed by atoms with E-state index in [1.165, 1.54) is 5.56 Å². The van der Waals surface area contributed by atoms with Gasteiger partial charge in [0.05, 0.1) is 12.6 Å². The maximum atomic E-state index is 11.5. The lowest BCUT2D eigenvalue weighted by atomic mass is 10.2. The van der Waals surface area contributed by atoms with E-state index >= 15 is 0 Å². The maximum absolute atomic E-state index is 11.5. The highest BCUT2D eigenvalue weighted by molar-refractivity contribution is 5.85. The first-order chi connectivity index (χ1) is 8.00. The molecular weight excluding hydrogens is 252 g/mol. The number of halogens is 1. The second-order valence-electron chi connectivity index (χ2n) is 4.21. The SMILES string of the molecule is Cc1ccc(OCCN(C)C(=O)[C@@H](C)N)cc1.Cl. The minimum Gasteiger partial charge on any atom is -0.492 e. The van der Waals surface area contributed by atoms with Crippen molar-refractivity contribution in [2.24, 2.45) is 5.73 Å². The fourth-order valence-electron chi connectivity index (χ4n) is 1.39. The van der Waals surface area contributed by atoms with Crippen LogP contribution in [0.3, 0.4) is 0 Å². The van der Waals surface area contributed by atoms with Crippen LogP contribution in [0, 0.1) is 6.92 Å². The van der Waals surface area contributed by atoms with Gasteiger partial charge in [-0.2, -0.15) is 0 Å². The number of amides is 1. The molecule has 0 radical (unpaired) electrons. The number of hydrogen-bond acceptors (Lipinski definition) is 3. The third-order valence-electron chi connectivity index (χ3n) is 2.48. The highest BCUT2D eigenvalue weighted by atomic mass is 35.5. The van der Waals surface area contributed by atoms with Gasteiger partial charge in [0.1, 0.15) is 12.4 Å². The highest BCUT2D eigenvalue weighted by Crippen LogP contribution is 2.11. The van der Waals surface area contributed by atoms with Crippen LogP contribution in [0.15, 0.2) is 24.3 Å². The minimum atomic E-state index is -0.459. The summed E-state index contributed by atoms with van der Waals surface area (Å²) < 4.78 is 5.53. The molecule has 18 heavy (non-hydrogen) atoms. The average molecular weight is 273 g/mol. The van der Waals surface area contributed by atoms with E-state index in [0.29, 0.717) is 13.2 Å². The van der Waals surface area contributed by atoms with Gasteiger partial charge < -0.3 is 15.4 Å². The van der Waals surface area contributed by atoms with E-state index in [2.05, 4.69) is 0 Å². The lowest BCUT2D eigenvalue weighted by Gasteiger charge is -2.19. The minimum absolute atomic E-state index is 0. The van der Waals surface area contributed by atoms with Gasteiger partial charge in [0.2, 0.25) is 5.91 Å². The molecule has 102 valence electrons. The summed E-state index contributed by atoms with van der Waals surface area (Å²) in [6, 6.07) is 7.36. The van der Waals surface area contributed by atoms with Crippen LogP contribution in [0.2, 0.25) is 0 Å². The fourth-order valence-corrected chi connectivity index (χ4v) is 1.39. The fraction of sp³-hybridized carbons (Fsp3) is 0.462. The van der Waals surface area contributed by atoms with Crippen molar-refractivity contribution in [3.05, 3.63) is 29.8 Å². The van der Waals surface area contributed by atoms with E-state index in [0.717, 1.165) is 5.75 Å². The molecule has 0 spiro atoms. The normalized spacial score (nSPS) is 11.3. The van der Waals surface area contributed by atoms with Crippen LogP contribution in [0.4, 0.5) is 0 Å². The molecule has 1 aromatic rings. The number of likely N-dealkylation sites (N-methyl/N-ethyl adjacent to an activating group) is 1. The summed E-state index contributed by atoms with van der Waals surface area (Å²) in [4.78, 5) is 13.1. The molecule has 0 aliphatic rings. The van der Waals surface area contributed by atoms with E-state index in [1.807, 2.05) is 31.2 Å². The monoisotopic (exact) mass is 272 g/mol. The van der Waals surface area contributed by atoms with Gasteiger partial charge >= 0.3 is 0 Å². The number of aryl methyl sites for hydroxylation is 1. The Labute approximate surface area is 115 Å². The van der Waals surface area contributed by atoms with Crippen molar-refractivity contribution in [1.29, 1.82) is 0 Å². The molecule has 1 aromatic carbocycles. The van der Waals surface area contributed by atoms with E-state index < -0.39 is 6.04 Å². The Morgan fingerprint density at radius 2 is 1.94 bits per heavy atom. The smallest absolute Gasteiger partial charge is 0.239 e. The molecule has 0 aromatic heterocycles. The van der Waals surface area contributed by atoms with Crippen molar-refractivity contribution in [1.82, 2.24) is 4.90 Å². The van der Waals surface area contributed by atoms with Crippen LogP contribution in [0.5, 0.6) is 5.75 Å². The van der Waals surface area contributed by atoms with Crippen LogP contribution in [0.25, 0.3) is 0 Å². The van der Waals surface area contributed by atoms with Crippen molar-refractivity contribution in [3.8, 4) is 5.75 Å². The molecule has 1 amide bonds. The van der Waals surface area contributed by atoms with E-state index in [1.54, 1.807) is 18.9 Å². The number of ether oxygens (including phenoxy) is 1. The van der Waals surface area contributed by atoms with Gasteiger partial charge in [0.25, 0.3) is 0 Å². The van der Waals surface area contributed by atoms with Gasteiger partial charge in [-0.25, -0.2) is 0 Å². The zero-order valence-corrected chi connectivity index (χ0v) is 11.9. The lowest BCUT2D eigenvalue weighted by Crippen LogP contribution is -2.41.